The second-order valence-corrected chi connectivity index (χ2v) is 6.76. The van der Waals surface area contributed by atoms with Crippen LogP contribution in [0.3, 0.4) is 0 Å². The maximum Gasteiger partial charge on any atom is 0.252 e. The first kappa shape index (κ1) is 13.4. The Morgan fingerprint density at radius 3 is 2.94 bits per heavy atom. The number of nitrogens with one attached hydrogen (secondary N) is 1. The summed E-state index contributed by atoms with van der Waals surface area (Å²) in [6.45, 7) is 2.46. The Bertz CT molecular complexity index is 580. The third-order valence-corrected chi connectivity index (χ3v) is 4.55. The Kier molecular flexibility index (Phi) is 4.23. The fraction of sp³-hybridized carbons (Fsp3) is 0.154. The van der Waals surface area contributed by atoms with E-state index in [1.807, 2.05) is 36.6 Å². The molecular weight excluding hydrogens is 359 g/mol. The first-order valence-corrected chi connectivity index (χ1v) is 7.40. The second-order valence-electron chi connectivity index (χ2n) is 3.95. The zero-order valence-corrected chi connectivity index (χ0v) is 12.8. The van der Waals surface area contributed by atoms with Gasteiger partial charge in [0.05, 0.1) is 8.45 Å². The Morgan fingerprint density at radius 2 is 2.28 bits per heavy atom. The number of halogens is 1. The molecule has 1 amide bonds. The summed E-state index contributed by atoms with van der Waals surface area (Å²) >= 11 is 3.77. The van der Waals surface area contributed by atoms with Crippen LogP contribution in [-0.4, -0.2) is 5.91 Å². The number of benzene rings is 1. The fourth-order valence-electron chi connectivity index (χ4n) is 1.60. The normalized spacial score (nSPS) is 10.3. The number of thiophene rings is 1. The fourth-order valence-corrected chi connectivity index (χ4v) is 2.93. The van der Waals surface area contributed by atoms with Gasteiger partial charge in [-0.2, -0.15) is 0 Å². The quantitative estimate of drug-likeness (QED) is 0.643. The molecule has 0 spiro atoms. The first-order valence-electron chi connectivity index (χ1n) is 5.44. The van der Waals surface area contributed by atoms with Crippen molar-refractivity contribution in [2.75, 3.05) is 5.73 Å². The molecule has 0 unspecified atom stereocenters. The van der Waals surface area contributed by atoms with Crippen LogP contribution in [0.15, 0.2) is 29.6 Å². The van der Waals surface area contributed by atoms with Gasteiger partial charge in [-0.15, -0.1) is 11.3 Å². The lowest BCUT2D eigenvalue weighted by atomic mass is 10.1. The molecule has 1 aromatic heterocycles. The van der Waals surface area contributed by atoms with Crippen LogP contribution in [0.2, 0.25) is 0 Å². The van der Waals surface area contributed by atoms with Crippen LogP contribution in [0, 0.1) is 9.81 Å². The zero-order valence-electron chi connectivity index (χ0n) is 9.87. The topological polar surface area (TPSA) is 55.1 Å². The van der Waals surface area contributed by atoms with Crippen LogP contribution in [0.4, 0.5) is 5.69 Å². The Morgan fingerprint density at radius 1 is 1.50 bits per heavy atom. The number of amides is 1. The van der Waals surface area contributed by atoms with Crippen molar-refractivity contribution in [3.05, 3.63) is 49.2 Å². The van der Waals surface area contributed by atoms with Crippen LogP contribution in [0.5, 0.6) is 0 Å². The standard InChI is InChI=1S/C13H13IN2OS/c1-8-9(3-2-4-11(8)15)6-16-13(17)10-5-12(14)18-7-10/h2-5,7H,6,15H2,1H3,(H,16,17). The molecule has 0 aliphatic rings. The predicted octanol–water partition coefficient (Wildman–Crippen LogP) is 3.17. The third-order valence-electron chi connectivity index (χ3n) is 2.76. The van der Waals surface area contributed by atoms with E-state index in [9.17, 15) is 4.79 Å². The van der Waals surface area contributed by atoms with Gasteiger partial charge in [-0.1, -0.05) is 12.1 Å². The molecular formula is C13H13IN2OS. The zero-order chi connectivity index (χ0) is 13.1. The lowest BCUT2D eigenvalue weighted by Gasteiger charge is -2.09. The van der Waals surface area contributed by atoms with Gasteiger partial charge in [0.25, 0.3) is 5.91 Å². The summed E-state index contributed by atoms with van der Waals surface area (Å²) in [6.07, 6.45) is 0. The van der Waals surface area contributed by atoms with E-state index in [2.05, 4.69) is 27.9 Å². The van der Waals surface area contributed by atoms with Gasteiger partial charge in [0.2, 0.25) is 0 Å². The van der Waals surface area contributed by atoms with Gasteiger partial charge in [-0.05, 0) is 52.8 Å². The van der Waals surface area contributed by atoms with Crippen molar-refractivity contribution in [1.29, 1.82) is 0 Å². The van der Waals surface area contributed by atoms with Gasteiger partial charge in [0.1, 0.15) is 0 Å². The summed E-state index contributed by atoms with van der Waals surface area (Å²) < 4.78 is 1.11. The van der Waals surface area contributed by atoms with E-state index in [1.54, 1.807) is 11.3 Å². The molecule has 0 radical (unpaired) electrons. The predicted molar refractivity (Wildman–Crippen MR) is 83.8 cm³/mol. The van der Waals surface area contributed by atoms with Gasteiger partial charge < -0.3 is 11.1 Å². The summed E-state index contributed by atoms with van der Waals surface area (Å²) in [7, 11) is 0. The molecule has 2 aromatic rings. The minimum absolute atomic E-state index is 0.0454. The molecule has 94 valence electrons. The summed E-state index contributed by atoms with van der Waals surface area (Å²) in [4.78, 5) is 11.9. The maximum absolute atomic E-state index is 11.9. The summed E-state index contributed by atoms with van der Waals surface area (Å²) in [6, 6.07) is 7.62. The van der Waals surface area contributed by atoms with Crippen LogP contribution in [0.25, 0.3) is 0 Å². The minimum Gasteiger partial charge on any atom is -0.399 e. The summed E-state index contributed by atoms with van der Waals surface area (Å²) in [5.74, 6) is -0.0454. The average Bonchev–Trinajstić information content (AvgIpc) is 2.77. The van der Waals surface area contributed by atoms with Gasteiger partial charge in [0.15, 0.2) is 0 Å². The molecule has 0 atom stereocenters. The van der Waals surface area contributed by atoms with E-state index in [-0.39, 0.29) is 5.91 Å². The molecule has 3 N–H and O–H groups in total. The molecule has 1 aromatic carbocycles. The molecule has 5 heteroatoms. The highest BCUT2D eigenvalue weighted by molar-refractivity contribution is 14.1. The number of hydrogen-bond acceptors (Lipinski definition) is 3. The van der Waals surface area contributed by atoms with Crippen LogP contribution in [-0.2, 0) is 6.54 Å². The SMILES string of the molecule is Cc1c(N)cccc1CNC(=O)c1csc(I)c1. The molecule has 0 saturated carbocycles. The molecule has 0 aliphatic carbocycles. The number of hydrogen-bond donors (Lipinski definition) is 2. The molecule has 18 heavy (non-hydrogen) atoms. The van der Waals surface area contributed by atoms with E-state index >= 15 is 0 Å². The van der Waals surface area contributed by atoms with E-state index in [0.29, 0.717) is 12.1 Å². The van der Waals surface area contributed by atoms with Crippen molar-refractivity contribution < 1.29 is 4.79 Å². The van der Waals surface area contributed by atoms with Gasteiger partial charge in [-0.25, -0.2) is 0 Å². The molecule has 0 saturated heterocycles. The molecule has 3 nitrogen and oxygen atoms in total. The van der Waals surface area contributed by atoms with Crippen molar-refractivity contribution in [3.8, 4) is 0 Å². The van der Waals surface area contributed by atoms with Crippen LogP contribution >= 0.6 is 33.9 Å². The highest BCUT2D eigenvalue weighted by Gasteiger charge is 2.08. The molecule has 0 aliphatic heterocycles. The van der Waals surface area contributed by atoms with Crippen molar-refractivity contribution >= 4 is 45.5 Å². The van der Waals surface area contributed by atoms with E-state index in [0.717, 1.165) is 19.7 Å². The lowest BCUT2D eigenvalue weighted by Crippen LogP contribution is -2.22. The Hall–Kier alpha value is -1.08. The molecule has 0 bridgehead atoms. The number of nitrogen functional groups attached to an aromatic ring is 1. The van der Waals surface area contributed by atoms with E-state index in [4.69, 9.17) is 5.73 Å². The first-order chi connectivity index (χ1) is 8.58. The average molecular weight is 372 g/mol. The molecule has 2 rings (SSSR count). The largest absolute Gasteiger partial charge is 0.399 e. The Labute approximate surface area is 124 Å². The molecule has 1 heterocycles. The molecule has 0 fully saturated rings. The number of anilines is 1. The van der Waals surface area contributed by atoms with Crippen molar-refractivity contribution in [2.24, 2.45) is 0 Å². The summed E-state index contributed by atoms with van der Waals surface area (Å²) in [5.41, 5.74) is 9.37. The lowest BCUT2D eigenvalue weighted by molar-refractivity contribution is 0.0951. The minimum atomic E-state index is -0.0454. The van der Waals surface area contributed by atoms with Crippen molar-refractivity contribution in [1.82, 2.24) is 5.32 Å². The number of carbonyl (C=O) groups excluding carboxylic acids is 1. The van der Waals surface area contributed by atoms with Gasteiger partial charge in [-0.3, -0.25) is 4.79 Å². The highest BCUT2D eigenvalue weighted by Crippen LogP contribution is 2.17. The maximum atomic E-state index is 11.9. The van der Waals surface area contributed by atoms with Crippen LogP contribution in [0.1, 0.15) is 21.5 Å². The van der Waals surface area contributed by atoms with Gasteiger partial charge in [0, 0.05) is 17.6 Å². The summed E-state index contributed by atoms with van der Waals surface area (Å²) in [5, 5.41) is 4.77. The second kappa shape index (κ2) is 5.71. The number of nitrogens with two attached hydrogens (primary N) is 1. The smallest absolute Gasteiger partial charge is 0.252 e. The van der Waals surface area contributed by atoms with Crippen molar-refractivity contribution in [3.63, 3.8) is 0 Å². The van der Waals surface area contributed by atoms with Crippen molar-refractivity contribution in [2.45, 2.75) is 13.5 Å². The number of carbonyl (C=O) groups is 1. The van der Waals surface area contributed by atoms with Crippen LogP contribution < -0.4 is 11.1 Å². The van der Waals surface area contributed by atoms with E-state index < -0.39 is 0 Å². The third kappa shape index (κ3) is 3.02. The highest BCUT2D eigenvalue weighted by atomic mass is 127. The monoisotopic (exact) mass is 372 g/mol. The van der Waals surface area contributed by atoms with Gasteiger partial charge >= 0.3 is 0 Å². The Balaban J connectivity index is 2.04. The number of rotatable bonds is 3. The van der Waals surface area contributed by atoms with E-state index in [1.165, 1.54) is 0 Å².